The number of nitrogens with zero attached hydrogens (tertiary/aromatic N) is 2. The SMILES string of the molecule is COc1ccc(NC(=O)c2cc(Br)cnc2N)cn1. The monoisotopic (exact) mass is 322 g/mol. The number of methoxy groups -OCH3 is 1. The molecule has 98 valence electrons. The molecule has 2 aromatic heterocycles. The summed E-state index contributed by atoms with van der Waals surface area (Å²) in [6, 6.07) is 4.94. The first-order valence-electron chi connectivity index (χ1n) is 5.32. The number of hydrogen-bond donors (Lipinski definition) is 2. The van der Waals surface area contributed by atoms with Crippen LogP contribution in [0.2, 0.25) is 0 Å². The van der Waals surface area contributed by atoms with Gasteiger partial charge in [0.05, 0.1) is 24.6 Å². The summed E-state index contributed by atoms with van der Waals surface area (Å²) >= 11 is 3.24. The van der Waals surface area contributed by atoms with Gasteiger partial charge in [-0.2, -0.15) is 0 Å². The third-order valence-corrected chi connectivity index (χ3v) is 2.77. The van der Waals surface area contributed by atoms with E-state index in [1.54, 1.807) is 18.2 Å². The minimum absolute atomic E-state index is 0.169. The number of ether oxygens (including phenoxy) is 1. The van der Waals surface area contributed by atoms with Crippen LogP contribution in [0.25, 0.3) is 0 Å². The van der Waals surface area contributed by atoms with Crippen molar-refractivity contribution in [1.29, 1.82) is 0 Å². The van der Waals surface area contributed by atoms with E-state index >= 15 is 0 Å². The molecule has 0 radical (unpaired) electrons. The Morgan fingerprint density at radius 2 is 2.16 bits per heavy atom. The molecule has 2 rings (SSSR count). The van der Waals surface area contributed by atoms with Gasteiger partial charge in [-0.15, -0.1) is 0 Å². The van der Waals surface area contributed by atoms with Gasteiger partial charge in [0, 0.05) is 16.7 Å². The Balaban J connectivity index is 2.18. The molecule has 0 saturated heterocycles. The first kappa shape index (κ1) is 13.3. The smallest absolute Gasteiger partial charge is 0.259 e. The lowest BCUT2D eigenvalue weighted by Gasteiger charge is -2.07. The highest BCUT2D eigenvalue weighted by atomic mass is 79.9. The summed E-state index contributed by atoms with van der Waals surface area (Å²) in [6.45, 7) is 0. The van der Waals surface area contributed by atoms with Crippen molar-refractivity contribution in [3.05, 3.63) is 40.6 Å². The van der Waals surface area contributed by atoms with Gasteiger partial charge in [0.2, 0.25) is 5.88 Å². The highest BCUT2D eigenvalue weighted by Gasteiger charge is 2.11. The van der Waals surface area contributed by atoms with E-state index in [-0.39, 0.29) is 11.7 Å². The second-order valence-electron chi connectivity index (χ2n) is 3.63. The first-order valence-corrected chi connectivity index (χ1v) is 6.12. The standard InChI is InChI=1S/C12H11BrN4O2/c1-19-10-3-2-8(6-15-10)17-12(18)9-4-7(13)5-16-11(9)14/h2-6H,1H3,(H2,14,16)(H,17,18). The topological polar surface area (TPSA) is 90.1 Å². The molecule has 0 aliphatic rings. The lowest BCUT2D eigenvalue weighted by molar-refractivity contribution is 0.102. The van der Waals surface area contributed by atoms with Crippen LogP contribution in [0.3, 0.4) is 0 Å². The predicted molar refractivity (Wildman–Crippen MR) is 75.1 cm³/mol. The van der Waals surface area contributed by atoms with Crippen LogP contribution in [0.5, 0.6) is 5.88 Å². The van der Waals surface area contributed by atoms with Gasteiger partial charge in [0.25, 0.3) is 5.91 Å². The molecule has 3 N–H and O–H groups in total. The number of hydrogen-bond acceptors (Lipinski definition) is 5. The number of anilines is 2. The molecule has 1 amide bonds. The van der Waals surface area contributed by atoms with Gasteiger partial charge in [0.1, 0.15) is 5.82 Å². The average Bonchev–Trinajstić information content (AvgIpc) is 2.42. The summed E-state index contributed by atoms with van der Waals surface area (Å²) in [5, 5.41) is 2.68. The van der Waals surface area contributed by atoms with Crippen molar-refractivity contribution in [2.45, 2.75) is 0 Å². The molecular formula is C12H11BrN4O2. The third-order valence-electron chi connectivity index (χ3n) is 2.33. The maximum absolute atomic E-state index is 12.0. The van der Waals surface area contributed by atoms with Crippen molar-refractivity contribution in [2.24, 2.45) is 0 Å². The largest absolute Gasteiger partial charge is 0.481 e. The molecule has 0 aliphatic heterocycles. The van der Waals surface area contributed by atoms with E-state index in [9.17, 15) is 4.79 Å². The Bertz CT molecular complexity index is 601. The van der Waals surface area contributed by atoms with Gasteiger partial charge in [-0.1, -0.05) is 0 Å². The maximum Gasteiger partial charge on any atom is 0.259 e. The van der Waals surface area contributed by atoms with E-state index in [1.807, 2.05) is 0 Å². The number of halogens is 1. The number of pyridine rings is 2. The van der Waals surface area contributed by atoms with Crippen LogP contribution in [0.1, 0.15) is 10.4 Å². The molecular weight excluding hydrogens is 312 g/mol. The van der Waals surface area contributed by atoms with Gasteiger partial charge in [-0.3, -0.25) is 4.79 Å². The second-order valence-corrected chi connectivity index (χ2v) is 4.55. The molecule has 0 bridgehead atoms. The van der Waals surface area contributed by atoms with Crippen LogP contribution in [0.4, 0.5) is 11.5 Å². The fourth-order valence-corrected chi connectivity index (χ4v) is 1.74. The van der Waals surface area contributed by atoms with Crippen LogP contribution in [0.15, 0.2) is 35.1 Å². The van der Waals surface area contributed by atoms with Crippen molar-refractivity contribution in [2.75, 3.05) is 18.2 Å². The number of nitrogens with one attached hydrogen (secondary N) is 1. The zero-order valence-corrected chi connectivity index (χ0v) is 11.6. The summed E-state index contributed by atoms with van der Waals surface area (Å²) < 4.78 is 5.61. The number of nitrogen functional groups attached to an aromatic ring is 1. The van der Waals surface area contributed by atoms with Crippen molar-refractivity contribution in [3.8, 4) is 5.88 Å². The summed E-state index contributed by atoms with van der Waals surface area (Å²) in [5.74, 6) is 0.294. The Kier molecular flexibility index (Phi) is 3.96. The van der Waals surface area contributed by atoms with E-state index in [4.69, 9.17) is 10.5 Å². The predicted octanol–water partition coefficient (Wildman–Crippen LogP) is 2.08. The molecule has 0 saturated carbocycles. The Morgan fingerprint density at radius 1 is 1.37 bits per heavy atom. The number of amides is 1. The van der Waals surface area contributed by atoms with Crippen molar-refractivity contribution in [1.82, 2.24) is 9.97 Å². The summed E-state index contributed by atoms with van der Waals surface area (Å²) in [5.41, 5.74) is 6.50. The molecule has 0 aliphatic carbocycles. The number of nitrogens with two attached hydrogens (primary N) is 1. The summed E-state index contributed by atoms with van der Waals surface area (Å²) in [4.78, 5) is 19.9. The van der Waals surface area contributed by atoms with Gasteiger partial charge >= 0.3 is 0 Å². The first-order chi connectivity index (χ1) is 9.10. The van der Waals surface area contributed by atoms with Crippen molar-refractivity contribution in [3.63, 3.8) is 0 Å². The summed E-state index contributed by atoms with van der Waals surface area (Å²) in [6.07, 6.45) is 3.03. The fourth-order valence-electron chi connectivity index (χ4n) is 1.41. The van der Waals surface area contributed by atoms with E-state index in [2.05, 4.69) is 31.2 Å². The Morgan fingerprint density at radius 3 is 2.79 bits per heavy atom. The van der Waals surface area contributed by atoms with E-state index in [0.717, 1.165) is 0 Å². The van der Waals surface area contributed by atoms with E-state index in [0.29, 0.717) is 21.6 Å². The molecule has 0 aromatic carbocycles. The fraction of sp³-hybridized carbons (Fsp3) is 0.0833. The van der Waals surface area contributed by atoms with E-state index < -0.39 is 0 Å². The van der Waals surface area contributed by atoms with Crippen LogP contribution in [-0.4, -0.2) is 23.0 Å². The maximum atomic E-state index is 12.0. The molecule has 19 heavy (non-hydrogen) atoms. The highest BCUT2D eigenvalue weighted by Crippen LogP contribution is 2.18. The second kappa shape index (κ2) is 5.66. The molecule has 2 heterocycles. The Hall–Kier alpha value is -2.15. The highest BCUT2D eigenvalue weighted by molar-refractivity contribution is 9.10. The number of carbonyl (C=O) groups is 1. The molecule has 0 atom stereocenters. The zero-order valence-electron chi connectivity index (χ0n) is 10.1. The number of carbonyl (C=O) groups excluding carboxylic acids is 1. The normalized spacial score (nSPS) is 10.0. The zero-order chi connectivity index (χ0) is 13.8. The molecule has 0 spiro atoms. The van der Waals surface area contributed by atoms with Gasteiger partial charge in [-0.25, -0.2) is 9.97 Å². The molecule has 2 aromatic rings. The van der Waals surface area contributed by atoms with Crippen LogP contribution < -0.4 is 15.8 Å². The quantitative estimate of drug-likeness (QED) is 0.902. The lowest BCUT2D eigenvalue weighted by atomic mass is 10.2. The van der Waals surface area contributed by atoms with Gasteiger partial charge in [0.15, 0.2) is 0 Å². The minimum atomic E-state index is -0.349. The number of rotatable bonds is 3. The van der Waals surface area contributed by atoms with Gasteiger partial charge in [-0.05, 0) is 28.1 Å². The third kappa shape index (κ3) is 3.19. The molecule has 0 unspecified atom stereocenters. The molecule has 7 heteroatoms. The van der Waals surface area contributed by atoms with Crippen LogP contribution >= 0.6 is 15.9 Å². The Labute approximate surface area is 118 Å². The lowest BCUT2D eigenvalue weighted by Crippen LogP contribution is -2.15. The average molecular weight is 323 g/mol. The van der Waals surface area contributed by atoms with Crippen molar-refractivity contribution < 1.29 is 9.53 Å². The number of aromatic nitrogens is 2. The van der Waals surface area contributed by atoms with Crippen LogP contribution in [0, 0.1) is 0 Å². The minimum Gasteiger partial charge on any atom is -0.481 e. The molecule has 6 nitrogen and oxygen atoms in total. The van der Waals surface area contributed by atoms with Crippen molar-refractivity contribution >= 4 is 33.3 Å². The van der Waals surface area contributed by atoms with Gasteiger partial charge < -0.3 is 15.8 Å². The van der Waals surface area contributed by atoms with Crippen LogP contribution in [-0.2, 0) is 0 Å². The summed E-state index contributed by atoms with van der Waals surface area (Å²) in [7, 11) is 1.52. The molecule has 0 fully saturated rings. The van der Waals surface area contributed by atoms with E-state index in [1.165, 1.54) is 19.5 Å².